The van der Waals surface area contributed by atoms with Gasteiger partial charge in [-0.15, -0.1) is 0 Å². The molecule has 0 unspecified atom stereocenters. The molecule has 1 aromatic carbocycles. The summed E-state index contributed by atoms with van der Waals surface area (Å²) in [4.78, 5) is 25.8. The van der Waals surface area contributed by atoms with Crippen LogP contribution in [0.1, 0.15) is 31.1 Å². The number of carboxylic acid groups (broad SMARTS) is 1. The first-order valence-electron chi connectivity index (χ1n) is 6.11. The van der Waals surface area contributed by atoms with Crippen LogP contribution in [0.2, 0.25) is 0 Å². The normalized spacial score (nSPS) is 11.3. The molecule has 3 N–H and O–H groups in total. The van der Waals surface area contributed by atoms with Crippen molar-refractivity contribution in [2.75, 3.05) is 5.32 Å². The molecular weight excluding hydrogens is 260 g/mol. The molecule has 1 amide bonds. The average Bonchev–Trinajstić information content (AvgIpc) is 2.72. The van der Waals surface area contributed by atoms with Crippen LogP contribution in [0.25, 0.3) is 10.9 Å². The van der Waals surface area contributed by atoms with Crippen molar-refractivity contribution in [1.82, 2.24) is 4.98 Å². The molecule has 0 fully saturated rings. The fourth-order valence-corrected chi connectivity index (χ4v) is 1.84. The van der Waals surface area contributed by atoms with Crippen LogP contribution in [0.3, 0.4) is 0 Å². The SMILES string of the molecule is CC(C)(C)OC(=O)Nc1cc(C(=O)O)c2cc[nH]c2c1. The second-order valence-corrected chi connectivity index (χ2v) is 5.39. The highest BCUT2D eigenvalue weighted by molar-refractivity contribution is 6.05. The summed E-state index contributed by atoms with van der Waals surface area (Å²) in [7, 11) is 0. The quantitative estimate of drug-likeness (QED) is 0.785. The Morgan fingerprint density at radius 1 is 1.30 bits per heavy atom. The number of ether oxygens (including phenoxy) is 1. The lowest BCUT2D eigenvalue weighted by Crippen LogP contribution is -2.27. The molecule has 6 nitrogen and oxygen atoms in total. The largest absolute Gasteiger partial charge is 0.478 e. The van der Waals surface area contributed by atoms with Gasteiger partial charge in [0, 0.05) is 22.8 Å². The molecular formula is C14H16N2O4. The van der Waals surface area contributed by atoms with Crippen LogP contribution in [0.15, 0.2) is 24.4 Å². The standard InChI is InChI=1S/C14H16N2O4/c1-14(2,3)20-13(19)16-8-6-10(12(17)18)9-4-5-15-11(9)7-8/h4-7,15H,1-3H3,(H,16,19)(H,17,18). The summed E-state index contributed by atoms with van der Waals surface area (Å²) >= 11 is 0. The predicted molar refractivity (Wildman–Crippen MR) is 75.1 cm³/mol. The molecule has 2 rings (SSSR count). The third kappa shape index (κ3) is 3.09. The van der Waals surface area contributed by atoms with E-state index in [1.807, 2.05) is 0 Å². The molecule has 1 heterocycles. The van der Waals surface area contributed by atoms with Gasteiger partial charge in [-0.05, 0) is 39.0 Å². The number of carbonyl (C=O) groups is 2. The van der Waals surface area contributed by atoms with Crippen LogP contribution in [-0.4, -0.2) is 27.8 Å². The minimum atomic E-state index is -1.05. The lowest BCUT2D eigenvalue weighted by Gasteiger charge is -2.19. The Labute approximate surface area is 115 Å². The zero-order valence-corrected chi connectivity index (χ0v) is 11.5. The number of amides is 1. The summed E-state index contributed by atoms with van der Waals surface area (Å²) in [6.45, 7) is 5.26. The first-order chi connectivity index (χ1) is 9.26. The first-order valence-corrected chi connectivity index (χ1v) is 6.11. The van der Waals surface area contributed by atoms with Crippen molar-refractivity contribution in [3.8, 4) is 0 Å². The van der Waals surface area contributed by atoms with Crippen molar-refractivity contribution in [2.45, 2.75) is 26.4 Å². The van der Waals surface area contributed by atoms with E-state index in [4.69, 9.17) is 4.74 Å². The molecule has 0 aliphatic heterocycles. The zero-order chi connectivity index (χ0) is 14.9. The second-order valence-electron chi connectivity index (χ2n) is 5.39. The number of anilines is 1. The Hall–Kier alpha value is -2.50. The van der Waals surface area contributed by atoms with E-state index in [0.29, 0.717) is 16.6 Å². The fourth-order valence-electron chi connectivity index (χ4n) is 1.84. The smallest absolute Gasteiger partial charge is 0.412 e. The number of benzene rings is 1. The van der Waals surface area contributed by atoms with Gasteiger partial charge in [0.05, 0.1) is 5.56 Å². The van der Waals surface area contributed by atoms with E-state index in [2.05, 4.69) is 10.3 Å². The van der Waals surface area contributed by atoms with Gasteiger partial charge in [0.15, 0.2) is 0 Å². The number of aromatic nitrogens is 1. The van der Waals surface area contributed by atoms with Crippen LogP contribution < -0.4 is 5.32 Å². The maximum absolute atomic E-state index is 11.7. The van der Waals surface area contributed by atoms with Crippen LogP contribution in [0.4, 0.5) is 10.5 Å². The first kappa shape index (κ1) is 13.9. The average molecular weight is 276 g/mol. The van der Waals surface area contributed by atoms with Crippen LogP contribution in [0.5, 0.6) is 0 Å². The van der Waals surface area contributed by atoms with Crippen LogP contribution in [0, 0.1) is 0 Å². The van der Waals surface area contributed by atoms with Gasteiger partial charge in [-0.1, -0.05) is 0 Å². The van der Waals surface area contributed by atoms with Crippen molar-refractivity contribution in [3.63, 3.8) is 0 Å². The number of aromatic carboxylic acids is 1. The van der Waals surface area contributed by atoms with Gasteiger partial charge in [-0.25, -0.2) is 9.59 Å². The van der Waals surface area contributed by atoms with Crippen molar-refractivity contribution in [3.05, 3.63) is 30.0 Å². The molecule has 0 saturated carbocycles. The molecule has 2 aromatic rings. The summed E-state index contributed by atoms with van der Waals surface area (Å²) in [5.74, 6) is -1.05. The molecule has 0 radical (unpaired) electrons. The molecule has 20 heavy (non-hydrogen) atoms. The van der Waals surface area contributed by atoms with Crippen LogP contribution in [-0.2, 0) is 4.74 Å². The number of hydrogen-bond donors (Lipinski definition) is 3. The molecule has 0 aliphatic carbocycles. The molecule has 1 aromatic heterocycles. The molecule has 0 bridgehead atoms. The second kappa shape index (κ2) is 4.88. The number of nitrogens with one attached hydrogen (secondary N) is 2. The van der Waals surface area contributed by atoms with Crippen molar-refractivity contribution in [1.29, 1.82) is 0 Å². The fraction of sp³-hybridized carbons (Fsp3) is 0.286. The Morgan fingerprint density at radius 2 is 2.00 bits per heavy atom. The number of carbonyl (C=O) groups excluding carboxylic acids is 1. The molecule has 0 saturated heterocycles. The number of rotatable bonds is 2. The monoisotopic (exact) mass is 276 g/mol. The van der Waals surface area contributed by atoms with Gasteiger partial charge in [0.1, 0.15) is 5.60 Å². The number of aromatic amines is 1. The number of H-pyrrole nitrogens is 1. The minimum absolute atomic E-state index is 0.120. The Bertz CT molecular complexity index is 667. The molecule has 6 heteroatoms. The summed E-state index contributed by atoms with van der Waals surface area (Å²) in [5.41, 5.74) is 0.508. The Morgan fingerprint density at radius 3 is 2.60 bits per heavy atom. The highest BCUT2D eigenvalue weighted by Gasteiger charge is 2.17. The van der Waals surface area contributed by atoms with E-state index in [0.717, 1.165) is 0 Å². The third-order valence-corrected chi connectivity index (χ3v) is 2.54. The van der Waals surface area contributed by atoms with Gasteiger partial charge in [0.25, 0.3) is 0 Å². The highest BCUT2D eigenvalue weighted by atomic mass is 16.6. The number of fused-ring (bicyclic) bond motifs is 1. The topological polar surface area (TPSA) is 91.4 Å². The van der Waals surface area contributed by atoms with E-state index in [9.17, 15) is 14.7 Å². The van der Waals surface area contributed by atoms with E-state index < -0.39 is 17.7 Å². The van der Waals surface area contributed by atoms with E-state index in [1.165, 1.54) is 6.07 Å². The summed E-state index contributed by atoms with van der Waals surface area (Å²) in [6, 6.07) is 4.74. The van der Waals surface area contributed by atoms with Crippen molar-refractivity contribution < 1.29 is 19.4 Å². The lowest BCUT2D eigenvalue weighted by molar-refractivity contribution is 0.0633. The molecule has 0 spiro atoms. The summed E-state index contributed by atoms with van der Waals surface area (Å²) in [5, 5.41) is 12.3. The molecule has 106 valence electrons. The number of carboxylic acids is 1. The van der Waals surface area contributed by atoms with Crippen molar-refractivity contribution >= 4 is 28.7 Å². The molecule has 0 atom stereocenters. The van der Waals surface area contributed by atoms with Gasteiger partial charge in [-0.2, -0.15) is 0 Å². The lowest BCUT2D eigenvalue weighted by atomic mass is 10.1. The van der Waals surface area contributed by atoms with E-state index in [-0.39, 0.29) is 5.56 Å². The Kier molecular flexibility index (Phi) is 3.40. The van der Waals surface area contributed by atoms with Gasteiger partial charge in [0.2, 0.25) is 0 Å². The summed E-state index contributed by atoms with van der Waals surface area (Å²) in [6.07, 6.45) is 1.02. The minimum Gasteiger partial charge on any atom is -0.478 e. The van der Waals surface area contributed by atoms with Gasteiger partial charge < -0.3 is 14.8 Å². The maximum atomic E-state index is 11.7. The molecule has 0 aliphatic rings. The van der Waals surface area contributed by atoms with Gasteiger partial charge >= 0.3 is 12.1 Å². The predicted octanol–water partition coefficient (Wildman–Crippen LogP) is 3.21. The van der Waals surface area contributed by atoms with Gasteiger partial charge in [-0.3, -0.25) is 5.32 Å². The number of hydrogen-bond acceptors (Lipinski definition) is 3. The third-order valence-electron chi connectivity index (χ3n) is 2.54. The van der Waals surface area contributed by atoms with Crippen LogP contribution >= 0.6 is 0 Å². The van der Waals surface area contributed by atoms with E-state index >= 15 is 0 Å². The maximum Gasteiger partial charge on any atom is 0.412 e. The Balaban J connectivity index is 2.31. The van der Waals surface area contributed by atoms with E-state index in [1.54, 1.807) is 39.1 Å². The zero-order valence-electron chi connectivity index (χ0n) is 11.5. The summed E-state index contributed by atoms with van der Waals surface area (Å²) < 4.78 is 5.13. The van der Waals surface area contributed by atoms with Crippen molar-refractivity contribution in [2.24, 2.45) is 0 Å². The highest BCUT2D eigenvalue weighted by Crippen LogP contribution is 2.23.